The fourth-order valence-electron chi connectivity index (χ4n) is 3.05. The lowest BCUT2D eigenvalue weighted by Crippen LogP contribution is -2.18. The Balaban J connectivity index is 2.21. The molecule has 3 heteroatoms. The van der Waals surface area contributed by atoms with Gasteiger partial charge in [-0.2, -0.15) is 0 Å². The topological polar surface area (TPSA) is 26.5 Å². The van der Waals surface area contributed by atoms with E-state index in [9.17, 15) is 0 Å². The van der Waals surface area contributed by atoms with Crippen LogP contribution in [-0.4, -0.2) is 11.6 Å². The van der Waals surface area contributed by atoms with Crippen molar-refractivity contribution in [1.82, 2.24) is 4.98 Å². The SMILES string of the molecule is [C-]#[N+]c1cc2c3c(cnc2c2ccccc12)C(C)(C)CO3. The molecule has 3 nitrogen and oxygen atoms in total. The third-order valence-electron chi connectivity index (χ3n) is 4.23. The Hall–Kier alpha value is -2.60. The Labute approximate surface area is 123 Å². The van der Waals surface area contributed by atoms with Crippen LogP contribution in [0.2, 0.25) is 0 Å². The molecule has 0 bridgehead atoms. The fraction of sp³-hybridized carbons (Fsp3) is 0.222. The largest absolute Gasteiger partial charge is 0.492 e. The zero-order chi connectivity index (χ0) is 14.6. The van der Waals surface area contributed by atoms with Gasteiger partial charge in [-0.15, -0.1) is 0 Å². The van der Waals surface area contributed by atoms with E-state index >= 15 is 0 Å². The van der Waals surface area contributed by atoms with Crippen molar-refractivity contribution in [2.75, 3.05) is 6.61 Å². The lowest BCUT2D eigenvalue weighted by atomic mass is 9.87. The van der Waals surface area contributed by atoms with Crippen LogP contribution in [0.4, 0.5) is 5.69 Å². The van der Waals surface area contributed by atoms with Gasteiger partial charge in [0.15, 0.2) is 5.69 Å². The summed E-state index contributed by atoms with van der Waals surface area (Å²) in [5, 5.41) is 2.91. The minimum absolute atomic E-state index is 0.0273. The third-order valence-corrected chi connectivity index (χ3v) is 4.23. The van der Waals surface area contributed by atoms with Gasteiger partial charge in [0.05, 0.1) is 18.7 Å². The summed E-state index contributed by atoms with van der Waals surface area (Å²) >= 11 is 0. The molecule has 0 unspecified atom stereocenters. The summed E-state index contributed by atoms with van der Waals surface area (Å²) in [6, 6.07) is 9.84. The third kappa shape index (κ3) is 1.56. The van der Waals surface area contributed by atoms with E-state index in [-0.39, 0.29) is 5.41 Å². The lowest BCUT2D eigenvalue weighted by molar-refractivity contribution is 0.293. The minimum atomic E-state index is -0.0273. The predicted octanol–water partition coefficient (Wildman–Crippen LogP) is 4.61. The van der Waals surface area contributed by atoms with Crippen LogP contribution < -0.4 is 4.74 Å². The second kappa shape index (κ2) is 3.95. The highest BCUT2D eigenvalue weighted by molar-refractivity contribution is 6.13. The summed E-state index contributed by atoms with van der Waals surface area (Å²) in [4.78, 5) is 8.35. The van der Waals surface area contributed by atoms with Crippen molar-refractivity contribution in [3.8, 4) is 5.75 Å². The highest BCUT2D eigenvalue weighted by atomic mass is 16.5. The molecule has 0 atom stereocenters. The average molecular weight is 274 g/mol. The van der Waals surface area contributed by atoms with E-state index in [4.69, 9.17) is 11.3 Å². The highest BCUT2D eigenvalue weighted by Crippen LogP contribution is 2.45. The van der Waals surface area contributed by atoms with Crippen molar-refractivity contribution in [2.24, 2.45) is 0 Å². The molecule has 2 heterocycles. The van der Waals surface area contributed by atoms with E-state index in [0.29, 0.717) is 12.3 Å². The Kier molecular flexibility index (Phi) is 2.29. The van der Waals surface area contributed by atoms with Crippen LogP contribution in [0.15, 0.2) is 36.5 Å². The number of nitrogens with zero attached hydrogens (tertiary/aromatic N) is 2. The molecule has 2 aromatic carbocycles. The molecule has 0 saturated heterocycles. The van der Waals surface area contributed by atoms with Gasteiger partial charge < -0.3 is 4.74 Å². The lowest BCUT2D eigenvalue weighted by Gasteiger charge is -2.15. The van der Waals surface area contributed by atoms with E-state index in [1.165, 1.54) is 0 Å². The molecule has 1 aromatic heterocycles. The molecule has 1 aliphatic rings. The van der Waals surface area contributed by atoms with Crippen molar-refractivity contribution in [3.05, 3.63) is 53.5 Å². The summed E-state index contributed by atoms with van der Waals surface area (Å²) < 4.78 is 5.93. The quantitative estimate of drug-likeness (QED) is 0.442. The minimum Gasteiger partial charge on any atom is -0.492 e. The zero-order valence-corrected chi connectivity index (χ0v) is 12.0. The number of benzene rings is 2. The molecule has 0 saturated carbocycles. The molecule has 0 amide bonds. The Bertz CT molecular complexity index is 935. The first-order valence-electron chi connectivity index (χ1n) is 6.97. The summed E-state index contributed by atoms with van der Waals surface area (Å²) in [6.45, 7) is 12.4. The maximum atomic E-state index is 7.44. The van der Waals surface area contributed by atoms with Crippen molar-refractivity contribution in [1.29, 1.82) is 0 Å². The summed E-state index contributed by atoms with van der Waals surface area (Å²) in [5.74, 6) is 0.889. The second-order valence-electron chi connectivity index (χ2n) is 6.12. The first-order valence-corrected chi connectivity index (χ1v) is 6.97. The second-order valence-corrected chi connectivity index (χ2v) is 6.12. The molecule has 0 N–H and O–H groups in total. The van der Waals surface area contributed by atoms with Crippen LogP contribution in [0.25, 0.3) is 26.5 Å². The van der Waals surface area contributed by atoms with E-state index in [0.717, 1.165) is 33.0 Å². The smallest absolute Gasteiger partial charge is 0.195 e. The molecule has 0 aliphatic carbocycles. The van der Waals surface area contributed by atoms with Gasteiger partial charge in [-0.05, 0) is 16.8 Å². The van der Waals surface area contributed by atoms with Gasteiger partial charge >= 0.3 is 0 Å². The molecule has 21 heavy (non-hydrogen) atoms. The number of pyridine rings is 1. The van der Waals surface area contributed by atoms with Gasteiger partial charge in [0.25, 0.3) is 0 Å². The van der Waals surface area contributed by atoms with Crippen molar-refractivity contribution in [3.63, 3.8) is 0 Å². The van der Waals surface area contributed by atoms with Gasteiger partial charge in [-0.1, -0.05) is 38.1 Å². The van der Waals surface area contributed by atoms with Crippen LogP contribution in [-0.2, 0) is 5.41 Å². The zero-order valence-electron chi connectivity index (χ0n) is 12.0. The Morgan fingerprint density at radius 2 is 1.95 bits per heavy atom. The molecular weight excluding hydrogens is 260 g/mol. The number of ether oxygens (including phenoxy) is 1. The maximum Gasteiger partial charge on any atom is 0.195 e. The number of aromatic nitrogens is 1. The predicted molar refractivity (Wildman–Crippen MR) is 84.0 cm³/mol. The number of hydrogen-bond donors (Lipinski definition) is 0. The Morgan fingerprint density at radius 3 is 2.71 bits per heavy atom. The van der Waals surface area contributed by atoms with E-state index in [1.54, 1.807) is 0 Å². The summed E-state index contributed by atoms with van der Waals surface area (Å²) in [7, 11) is 0. The summed E-state index contributed by atoms with van der Waals surface area (Å²) in [5.41, 5.74) is 2.66. The number of fused-ring (bicyclic) bond motifs is 5. The van der Waals surface area contributed by atoms with Crippen molar-refractivity contribution < 1.29 is 4.74 Å². The standard InChI is InChI=1S/C18H14N2O/c1-18(2)10-21-17-13-8-15(19-3)11-6-4-5-7-12(11)16(13)20-9-14(17)18/h4-9H,10H2,1-2H3. The monoisotopic (exact) mass is 274 g/mol. The fourth-order valence-corrected chi connectivity index (χ4v) is 3.05. The Morgan fingerprint density at radius 1 is 1.19 bits per heavy atom. The molecular formula is C18H14N2O. The van der Waals surface area contributed by atoms with E-state index in [2.05, 4.69) is 23.7 Å². The van der Waals surface area contributed by atoms with Gasteiger partial charge in [0, 0.05) is 22.6 Å². The van der Waals surface area contributed by atoms with E-state index < -0.39 is 0 Å². The van der Waals surface area contributed by atoms with Crippen LogP contribution in [0.3, 0.4) is 0 Å². The highest BCUT2D eigenvalue weighted by Gasteiger charge is 2.33. The van der Waals surface area contributed by atoms with Crippen LogP contribution in [0, 0.1) is 6.57 Å². The molecule has 4 rings (SSSR count). The van der Waals surface area contributed by atoms with Crippen molar-refractivity contribution in [2.45, 2.75) is 19.3 Å². The van der Waals surface area contributed by atoms with E-state index in [1.807, 2.05) is 36.5 Å². The van der Waals surface area contributed by atoms with Crippen LogP contribution >= 0.6 is 0 Å². The van der Waals surface area contributed by atoms with Gasteiger partial charge in [0.1, 0.15) is 5.75 Å². The average Bonchev–Trinajstić information content (AvgIpc) is 2.82. The first kappa shape index (κ1) is 12.2. The van der Waals surface area contributed by atoms with Gasteiger partial charge in [-0.25, -0.2) is 4.85 Å². The van der Waals surface area contributed by atoms with Gasteiger partial charge in [0.2, 0.25) is 0 Å². The normalized spacial score (nSPS) is 15.7. The molecule has 3 aromatic rings. The van der Waals surface area contributed by atoms with Crippen molar-refractivity contribution >= 4 is 27.4 Å². The molecule has 0 fully saturated rings. The number of hydrogen-bond acceptors (Lipinski definition) is 2. The molecule has 1 aliphatic heterocycles. The molecule has 0 radical (unpaired) electrons. The van der Waals surface area contributed by atoms with Gasteiger partial charge in [-0.3, -0.25) is 4.98 Å². The van der Waals surface area contributed by atoms with Crippen LogP contribution in [0.1, 0.15) is 19.4 Å². The molecule has 102 valence electrons. The number of rotatable bonds is 0. The maximum absolute atomic E-state index is 7.44. The molecule has 0 spiro atoms. The van der Waals surface area contributed by atoms with Crippen LogP contribution in [0.5, 0.6) is 5.75 Å². The summed E-state index contributed by atoms with van der Waals surface area (Å²) in [6.07, 6.45) is 1.93. The first-order chi connectivity index (χ1) is 10.1.